The van der Waals surface area contributed by atoms with Gasteiger partial charge in [-0.25, -0.2) is 9.86 Å². The van der Waals surface area contributed by atoms with Crippen LogP contribution < -0.4 is 5.32 Å². The number of halogens is 2. The number of rotatable bonds is 6. The van der Waals surface area contributed by atoms with Crippen LogP contribution >= 0.6 is 43.2 Å². The van der Waals surface area contributed by atoms with Crippen molar-refractivity contribution in [2.24, 2.45) is 5.41 Å². The first-order valence-electron chi connectivity index (χ1n) is 8.51. The summed E-state index contributed by atoms with van der Waals surface area (Å²) in [6.45, 7) is 5.59. The minimum atomic E-state index is -1.21. The smallest absolute Gasteiger partial charge is 0.404 e. The van der Waals surface area contributed by atoms with Gasteiger partial charge in [0.15, 0.2) is 0 Å². The molecular weight excluding hydrogens is 512 g/mol. The number of carbonyl (C=O) groups excluding carboxylic acids is 1. The largest absolute Gasteiger partial charge is 0.465 e. The van der Waals surface area contributed by atoms with Crippen molar-refractivity contribution in [1.29, 1.82) is 0 Å². The predicted molar refractivity (Wildman–Crippen MR) is 116 cm³/mol. The highest BCUT2D eigenvalue weighted by atomic mass is 79.9. The van der Waals surface area contributed by atoms with E-state index in [9.17, 15) is 19.9 Å². The lowest BCUT2D eigenvalue weighted by Gasteiger charge is -2.40. The lowest BCUT2D eigenvalue weighted by atomic mass is 9.80. The summed E-state index contributed by atoms with van der Waals surface area (Å²) in [4.78, 5) is 24.7. The summed E-state index contributed by atoms with van der Waals surface area (Å²) in [6, 6.07) is 9.47. The molecule has 3 N–H and O–H groups in total. The van der Waals surface area contributed by atoms with Crippen LogP contribution in [-0.2, 0) is 6.42 Å². The Kier molecular flexibility index (Phi) is 7.66. The van der Waals surface area contributed by atoms with Crippen LogP contribution in [0.4, 0.5) is 4.79 Å². The molecule has 0 radical (unpaired) electrons. The van der Waals surface area contributed by atoms with E-state index in [2.05, 4.69) is 37.2 Å². The van der Waals surface area contributed by atoms with Crippen LogP contribution in [0.15, 0.2) is 44.7 Å². The van der Waals surface area contributed by atoms with Crippen LogP contribution in [0.5, 0.6) is 0 Å². The number of thiophene rings is 1. The summed E-state index contributed by atoms with van der Waals surface area (Å²) in [5.41, 5.74) is 0.338. The summed E-state index contributed by atoms with van der Waals surface area (Å²) >= 11 is 7.88. The fourth-order valence-corrected chi connectivity index (χ4v) is 4.91. The van der Waals surface area contributed by atoms with Crippen LogP contribution in [0.2, 0.25) is 0 Å². The van der Waals surface area contributed by atoms with Gasteiger partial charge in [-0.15, -0.1) is 11.3 Å². The second kappa shape index (κ2) is 9.39. The molecule has 1 aromatic carbocycles. The Morgan fingerprint density at radius 2 is 1.82 bits per heavy atom. The van der Waals surface area contributed by atoms with E-state index in [4.69, 9.17) is 0 Å². The van der Waals surface area contributed by atoms with Crippen LogP contribution in [0, 0.1) is 5.41 Å². The Morgan fingerprint density at radius 1 is 1.21 bits per heavy atom. The zero-order chi connectivity index (χ0) is 21.1. The highest BCUT2D eigenvalue weighted by molar-refractivity contribution is 9.13. The van der Waals surface area contributed by atoms with Crippen molar-refractivity contribution in [1.82, 2.24) is 10.4 Å². The molecule has 152 valence electrons. The molecule has 0 aliphatic heterocycles. The zero-order valence-corrected chi connectivity index (χ0v) is 19.6. The third-order valence-electron chi connectivity index (χ3n) is 4.26. The van der Waals surface area contributed by atoms with Crippen molar-refractivity contribution < 1.29 is 19.9 Å². The quantitative estimate of drug-likeness (QED) is 0.342. The van der Waals surface area contributed by atoms with Gasteiger partial charge in [0.2, 0.25) is 0 Å². The van der Waals surface area contributed by atoms with Gasteiger partial charge in [-0.05, 0) is 55.3 Å². The zero-order valence-electron chi connectivity index (χ0n) is 15.6. The van der Waals surface area contributed by atoms with Gasteiger partial charge in [-0.1, -0.05) is 51.1 Å². The number of hydrogen-bond donors (Lipinski definition) is 3. The van der Waals surface area contributed by atoms with Crippen LogP contribution in [0.3, 0.4) is 0 Å². The van der Waals surface area contributed by atoms with Crippen molar-refractivity contribution in [3.05, 3.63) is 55.1 Å². The summed E-state index contributed by atoms with van der Waals surface area (Å²) in [7, 11) is 0. The second-order valence-electron chi connectivity index (χ2n) is 7.43. The molecule has 2 amide bonds. The summed E-state index contributed by atoms with van der Waals surface area (Å²) in [6.07, 6.45) is -0.917. The predicted octanol–water partition coefficient (Wildman–Crippen LogP) is 5.40. The van der Waals surface area contributed by atoms with Crippen molar-refractivity contribution in [2.45, 2.75) is 39.3 Å². The van der Waals surface area contributed by atoms with E-state index < -0.39 is 29.5 Å². The lowest BCUT2D eigenvalue weighted by molar-refractivity contribution is -0.105. The molecule has 0 fully saturated rings. The molecule has 0 spiro atoms. The Hall–Kier alpha value is -1.42. The van der Waals surface area contributed by atoms with E-state index in [1.54, 1.807) is 6.07 Å². The first kappa shape index (κ1) is 22.9. The maximum Gasteiger partial charge on any atom is 0.404 e. The van der Waals surface area contributed by atoms with Crippen molar-refractivity contribution >= 4 is 55.2 Å². The van der Waals surface area contributed by atoms with E-state index in [0.717, 1.165) is 9.35 Å². The van der Waals surface area contributed by atoms with E-state index in [1.165, 1.54) is 11.3 Å². The van der Waals surface area contributed by atoms with Crippen LogP contribution in [0.25, 0.3) is 0 Å². The third-order valence-corrected chi connectivity index (χ3v) is 7.51. The maximum atomic E-state index is 12.9. The first-order valence-corrected chi connectivity index (χ1v) is 10.9. The number of nitrogens with one attached hydrogen (secondary N) is 1. The average molecular weight is 534 g/mol. The molecule has 2 atom stereocenters. The van der Waals surface area contributed by atoms with E-state index >= 15 is 0 Å². The molecule has 1 heterocycles. The molecule has 1 aromatic heterocycles. The number of amides is 2. The standard InChI is InChI=1S/C19H22Br2N2O4S/c1-19(2,3)15(22-18(25)26)13(9-11-7-5-4-6-8-11)23(27)17(24)14-10-12(20)16(21)28-14/h4-8,10,13,15,22,27H,9H2,1-3H3,(H,25,26). The molecule has 2 aromatic rings. The lowest BCUT2D eigenvalue weighted by Crippen LogP contribution is -2.58. The third kappa shape index (κ3) is 5.79. The normalized spacial score (nSPS) is 13.6. The first-order chi connectivity index (χ1) is 13.0. The minimum absolute atomic E-state index is 0.291. The minimum Gasteiger partial charge on any atom is -0.465 e. The number of benzene rings is 1. The van der Waals surface area contributed by atoms with Crippen LogP contribution in [-0.4, -0.2) is 39.5 Å². The summed E-state index contributed by atoms with van der Waals surface area (Å²) in [5, 5.41) is 23.3. The Bertz CT molecular complexity index is 817. The maximum absolute atomic E-state index is 12.9. The van der Waals surface area contributed by atoms with Crippen molar-refractivity contribution in [2.75, 3.05) is 0 Å². The van der Waals surface area contributed by atoms with E-state index in [1.807, 2.05) is 51.1 Å². The fraction of sp³-hybridized carbons (Fsp3) is 0.368. The number of hydroxylamine groups is 2. The van der Waals surface area contributed by atoms with E-state index in [-0.39, 0.29) is 0 Å². The van der Waals surface area contributed by atoms with Gasteiger partial charge < -0.3 is 10.4 Å². The topological polar surface area (TPSA) is 89.9 Å². The highest BCUT2D eigenvalue weighted by Crippen LogP contribution is 2.34. The van der Waals surface area contributed by atoms with Crippen molar-refractivity contribution in [3.8, 4) is 0 Å². The van der Waals surface area contributed by atoms with Gasteiger partial charge >= 0.3 is 6.09 Å². The number of hydrogen-bond acceptors (Lipinski definition) is 4. The number of carboxylic acid groups (broad SMARTS) is 1. The molecule has 0 aliphatic rings. The number of carbonyl (C=O) groups is 2. The molecule has 6 nitrogen and oxygen atoms in total. The Morgan fingerprint density at radius 3 is 2.29 bits per heavy atom. The van der Waals surface area contributed by atoms with E-state index in [0.29, 0.717) is 20.8 Å². The fourth-order valence-electron chi connectivity index (χ4n) is 2.94. The monoisotopic (exact) mass is 532 g/mol. The number of nitrogens with zero attached hydrogens (tertiary/aromatic N) is 1. The van der Waals surface area contributed by atoms with Crippen molar-refractivity contribution in [3.63, 3.8) is 0 Å². The average Bonchev–Trinajstić information content (AvgIpc) is 2.95. The molecular formula is C19H22Br2N2O4S. The summed E-state index contributed by atoms with van der Waals surface area (Å²) in [5.74, 6) is -0.584. The molecule has 0 saturated carbocycles. The Balaban J connectivity index is 2.42. The molecule has 2 unspecified atom stereocenters. The van der Waals surface area contributed by atoms with Gasteiger partial charge in [0.05, 0.1) is 20.7 Å². The summed E-state index contributed by atoms with van der Waals surface area (Å²) < 4.78 is 1.45. The Labute approximate surface area is 184 Å². The van der Waals surface area contributed by atoms with Gasteiger partial charge in [0.25, 0.3) is 5.91 Å². The molecule has 9 heteroatoms. The molecule has 0 saturated heterocycles. The SMILES string of the molecule is CC(C)(C)C(NC(=O)O)C(Cc1ccccc1)N(O)C(=O)c1cc(Br)c(Br)s1. The molecule has 28 heavy (non-hydrogen) atoms. The molecule has 0 aliphatic carbocycles. The van der Waals surface area contributed by atoms with Gasteiger partial charge in [-0.3, -0.25) is 10.0 Å². The van der Waals surface area contributed by atoms with Gasteiger partial charge in [0.1, 0.15) is 0 Å². The van der Waals surface area contributed by atoms with Gasteiger partial charge in [0, 0.05) is 4.47 Å². The molecule has 2 rings (SSSR count). The second-order valence-corrected chi connectivity index (χ2v) is 10.7. The van der Waals surface area contributed by atoms with Crippen LogP contribution in [0.1, 0.15) is 36.0 Å². The van der Waals surface area contributed by atoms with Gasteiger partial charge in [-0.2, -0.15) is 0 Å². The highest BCUT2D eigenvalue weighted by Gasteiger charge is 2.39. The molecule has 0 bridgehead atoms.